The van der Waals surface area contributed by atoms with E-state index in [9.17, 15) is 14.3 Å². The number of phenolic OH excluding ortho intramolecular Hbond substituents is 1. The molecule has 0 fully saturated rings. The van der Waals surface area contributed by atoms with Gasteiger partial charge in [0.15, 0.2) is 18.2 Å². The van der Waals surface area contributed by atoms with Crippen molar-refractivity contribution in [3.63, 3.8) is 0 Å². The smallest absolute Gasteiger partial charge is 0.257 e. The van der Waals surface area contributed by atoms with Crippen LogP contribution in [0.1, 0.15) is 61.8 Å². The topological polar surface area (TPSA) is 58.6 Å². The average Bonchev–Trinajstić information content (AvgIpc) is 2.61. The van der Waals surface area contributed by atoms with Crippen molar-refractivity contribution in [2.24, 2.45) is 0 Å². The maximum atomic E-state index is 14.5. The molecule has 0 bridgehead atoms. The Balaban J connectivity index is 2.35. The highest BCUT2D eigenvalue weighted by molar-refractivity contribution is 5.77. The van der Waals surface area contributed by atoms with E-state index in [1.807, 2.05) is 39.8 Å². The van der Waals surface area contributed by atoms with Gasteiger partial charge in [0.25, 0.3) is 5.91 Å². The van der Waals surface area contributed by atoms with Gasteiger partial charge >= 0.3 is 0 Å². The monoisotopic (exact) mass is 373 g/mol. The first-order valence-corrected chi connectivity index (χ1v) is 9.20. The molecule has 27 heavy (non-hydrogen) atoms. The van der Waals surface area contributed by atoms with Crippen molar-refractivity contribution in [2.45, 2.75) is 46.0 Å². The number of rotatable bonds is 7. The Labute approximate surface area is 160 Å². The van der Waals surface area contributed by atoms with Crippen molar-refractivity contribution in [3.8, 4) is 11.5 Å². The summed E-state index contributed by atoms with van der Waals surface area (Å²) in [5, 5.41) is 12.5. The first kappa shape index (κ1) is 20.7. The lowest BCUT2D eigenvalue weighted by atomic mass is 9.91. The standard InChI is InChI=1S/C22H28FNO3/c1-13(2)17-11-21(27-12-22(26)24-5)19(23)10-16(17)8-15-6-7-20(25)18(9-15)14(3)4/h6-7,9-11,13-14,25H,8,12H2,1-5H3,(H,24,26). The van der Waals surface area contributed by atoms with Crippen LogP contribution in [-0.4, -0.2) is 24.7 Å². The summed E-state index contributed by atoms with van der Waals surface area (Å²) in [5.41, 5.74) is 3.74. The van der Waals surface area contributed by atoms with Crippen LogP contribution in [0.4, 0.5) is 4.39 Å². The number of likely N-dealkylation sites (N-methyl/N-ethyl adjacent to an activating group) is 1. The molecule has 0 heterocycles. The fraction of sp³-hybridized carbons (Fsp3) is 0.409. The Morgan fingerprint density at radius 1 is 1.11 bits per heavy atom. The molecule has 1 amide bonds. The van der Waals surface area contributed by atoms with Crippen molar-refractivity contribution >= 4 is 5.91 Å². The minimum Gasteiger partial charge on any atom is -0.508 e. The fourth-order valence-corrected chi connectivity index (χ4v) is 3.02. The number of hydrogen-bond donors (Lipinski definition) is 2. The van der Waals surface area contributed by atoms with Crippen LogP contribution in [-0.2, 0) is 11.2 Å². The highest BCUT2D eigenvalue weighted by atomic mass is 19.1. The van der Waals surface area contributed by atoms with Crippen molar-refractivity contribution in [2.75, 3.05) is 13.7 Å². The van der Waals surface area contributed by atoms with Gasteiger partial charge in [-0.15, -0.1) is 0 Å². The maximum Gasteiger partial charge on any atom is 0.257 e. The van der Waals surface area contributed by atoms with Crippen molar-refractivity contribution in [1.29, 1.82) is 0 Å². The fourth-order valence-electron chi connectivity index (χ4n) is 3.02. The van der Waals surface area contributed by atoms with E-state index in [1.165, 1.54) is 13.1 Å². The number of aromatic hydroxyl groups is 1. The molecule has 0 spiro atoms. The van der Waals surface area contributed by atoms with Gasteiger partial charge in [-0.2, -0.15) is 0 Å². The quantitative estimate of drug-likeness (QED) is 0.752. The minimum absolute atomic E-state index is 0.0830. The zero-order chi connectivity index (χ0) is 20.1. The van der Waals surface area contributed by atoms with E-state index in [0.29, 0.717) is 6.42 Å². The second kappa shape index (κ2) is 8.89. The molecule has 146 valence electrons. The van der Waals surface area contributed by atoms with E-state index >= 15 is 0 Å². The molecular weight excluding hydrogens is 345 g/mol. The van der Waals surface area contributed by atoms with Gasteiger partial charge in [-0.3, -0.25) is 4.79 Å². The zero-order valence-corrected chi connectivity index (χ0v) is 16.6. The summed E-state index contributed by atoms with van der Waals surface area (Å²) in [7, 11) is 1.51. The number of hydrogen-bond acceptors (Lipinski definition) is 3. The number of halogens is 1. The number of amides is 1. The van der Waals surface area contributed by atoms with E-state index in [4.69, 9.17) is 4.74 Å². The predicted molar refractivity (Wildman–Crippen MR) is 105 cm³/mol. The van der Waals surface area contributed by atoms with Gasteiger partial charge in [0.2, 0.25) is 0 Å². The van der Waals surface area contributed by atoms with Crippen LogP contribution >= 0.6 is 0 Å². The molecule has 2 aromatic carbocycles. The second-order valence-electron chi connectivity index (χ2n) is 7.32. The van der Waals surface area contributed by atoms with Crippen molar-refractivity contribution in [3.05, 3.63) is 58.4 Å². The van der Waals surface area contributed by atoms with E-state index in [0.717, 1.165) is 22.3 Å². The Hall–Kier alpha value is -2.56. The molecule has 0 saturated carbocycles. The summed E-state index contributed by atoms with van der Waals surface area (Å²) >= 11 is 0. The van der Waals surface area contributed by atoms with Crippen LogP contribution in [0.15, 0.2) is 30.3 Å². The molecule has 0 aliphatic rings. The Bertz CT molecular complexity index is 815. The summed E-state index contributed by atoms with van der Waals surface area (Å²) in [4.78, 5) is 11.4. The average molecular weight is 373 g/mol. The first-order valence-electron chi connectivity index (χ1n) is 9.20. The molecule has 0 aliphatic heterocycles. The highest BCUT2D eigenvalue weighted by Crippen LogP contribution is 2.31. The first-order chi connectivity index (χ1) is 12.7. The number of benzene rings is 2. The largest absolute Gasteiger partial charge is 0.508 e. The van der Waals surface area contributed by atoms with Crippen LogP contribution in [0, 0.1) is 5.82 Å². The molecular formula is C22H28FNO3. The molecule has 0 aliphatic carbocycles. The lowest BCUT2D eigenvalue weighted by Gasteiger charge is -2.17. The summed E-state index contributed by atoms with van der Waals surface area (Å²) in [6, 6.07) is 8.69. The molecule has 4 nitrogen and oxygen atoms in total. The molecule has 2 aromatic rings. The Kier molecular flexibility index (Phi) is 6.83. The molecule has 2 rings (SSSR count). The molecule has 0 aromatic heterocycles. The third-order valence-electron chi connectivity index (χ3n) is 4.56. The van der Waals surface area contributed by atoms with Gasteiger partial charge in [-0.1, -0.05) is 39.8 Å². The second-order valence-corrected chi connectivity index (χ2v) is 7.32. The van der Waals surface area contributed by atoms with E-state index in [2.05, 4.69) is 5.32 Å². The van der Waals surface area contributed by atoms with Gasteiger partial charge in [0.05, 0.1) is 0 Å². The molecule has 0 atom stereocenters. The number of nitrogens with one attached hydrogen (secondary N) is 1. The third kappa shape index (κ3) is 5.22. The zero-order valence-electron chi connectivity index (χ0n) is 16.6. The van der Waals surface area contributed by atoms with Crippen LogP contribution in [0.2, 0.25) is 0 Å². The Morgan fingerprint density at radius 3 is 2.37 bits per heavy atom. The lowest BCUT2D eigenvalue weighted by Crippen LogP contribution is -2.25. The van der Waals surface area contributed by atoms with Crippen molar-refractivity contribution < 1.29 is 19.0 Å². The SMILES string of the molecule is CNC(=O)COc1cc(C(C)C)c(Cc2ccc(O)c(C(C)C)c2)cc1F. The normalized spacial score (nSPS) is 11.1. The number of carbonyl (C=O) groups excluding carboxylic acids is 1. The van der Waals surface area contributed by atoms with E-state index in [1.54, 1.807) is 12.1 Å². The van der Waals surface area contributed by atoms with Gasteiger partial charge in [0.1, 0.15) is 5.75 Å². The number of carbonyl (C=O) groups is 1. The van der Waals surface area contributed by atoms with Gasteiger partial charge < -0.3 is 15.2 Å². The maximum absolute atomic E-state index is 14.5. The molecule has 5 heteroatoms. The third-order valence-corrected chi connectivity index (χ3v) is 4.56. The van der Waals surface area contributed by atoms with Crippen LogP contribution in [0.25, 0.3) is 0 Å². The number of phenols is 1. The molecule has 2 N–H and O–H groups in total. The van der Waals surface area contributed by atoms with Gasteiger partial charge in [0, 0.05) is 7.05 Å². The van der Waals surface area contributed by atoms with Gasteiger partial charge in [-0.25, -0.2) is 4.39 Å². The molecule has 0 unspecified atom stereocenters. The highest BCUT2D eigenvalue weighted by Gasteiger charge is 2.16. The predicted octanol–water partition coefficient (Wildman–Crippen LogP) is 4.49. The summed E-state index contributed by atoms with van der Waals surface area (Å²) in [5.74, 6) is -0.0611. The van der Waals surface area contributed by atoms with Crippen molar-refractivity contribution in [1.82, 2.24) is 5.32 Å². The summed E-state index contributed by atoms with van der Waals surface area (Å²) in [6.07, 6.45) is 0.556. The van der Waals surface area contributed by atoms with E-state index < -0.39 is 5.82 Å². The van der Waals surface area contributed by atoms with Crippen LogP contribution < -0.4 is 10.1 Å². The summed E-state index contributed by atoms with van der Waals surface area (Å²) in [6.45, 7) is 7.90. The number of ether oxygens (including phenoxy) is 1. The Morgan fingerprint density at radius 2 is 1.78 bits per heavy atom. The molecule has 0 radical (unpaired) electrons. The van der Waals surface area contributed by atoms with Gasteiger partial charge in [-0.05, 0) is 58.7 Å². The summed E-state index contributed by atoms with van der Waals surface area (Å²) < 4.78 is 19.9. The van der Waals surface area contributed by atoms with Crippen LogP contribution in [0.3, 0.4) is 0 Å². The lowest BCUT2D eigenvalue weighted by molar-refractivity contribution is -0.122. The molecule has 0 saturated heterocycles. The van der Waals surface area contributed by atoms with Crippen LogP contribution in [0.5, 0.6) is 11.5 Å². The van der Waals surface area contributed by atoms with E-state index in [-0.39, 0.29) is 35.8 Å². The minimum atomic E-state index is -0.485.